The fraction of sp³-hybridized carbons (Fsp3) is 0.538. The van der Waals surface area contributed by atoms with Gasteiger partial charge in [-0.15, -0.1) is 0 Å². The second-order valence-electron chi connectivity index (χ2n) is 4.12. The molecule has 1 rings (SSSR count). The Labute approximate surface area is 92.5 Å². The molecule has 0 saturated carbocycles. The summed E-state index contributed by atoms with van der Waals surface area (Å²) in [6, 6.07) is 10.2. The van der Waals surface area contributed by atoms with Gasteiger partial charge < -0.3 is 10.0 Å². The van der Waals surface area contributed by atoms with Crippen molar-refractivity contribution in [2.75, 3.05) is 18.5 Å². The van der Waals surface area contributed by atoms with Gasteiger partial charge in [0.15, 0.2) is 0 Å². The van der Waals surface area contributed by atoms with Gasteiger partial charge in [-0.25, -0.2) is 0 Å². The molecule has 1 aromatic rings. The highest BCUT2D eigenvalue weighted by molar-refractivity contribution is 5.45. The first-order valence-corrected chi connectivity index (χ1v) is 5.60. The third-order valence-electron chi connectivity index (χ3n) is 3.04. The molecule has 0 unspecified atom stereocenters. The van der Waals surface area contributed by atoms with Gasteiger partial charge in [-0.1, -0.05) is 32.0 Å². The maximum absolute atomic E-state index is 10.2. The summed E-state index contributed by atoms with van der Waals surface area (Å²) in [7, 11) is 2.02. The quantitative estimate of drug-likeness (QED) is 0.802. The van der Waals surface area contributed by atoms with Crippen LogP contribution in [0.3, 0.4) is 0 Å². The van der Waals surface area contributed by atoms with E-state index in [1.54, 1.807) is 0 Å². The van der Waals surface area contributed by atoms with Crippen LogP contribution in [-0.4, -0.2) is 24.3 Å². The van der Waals surface area contributed by atoms with Crippen LogP contribution in [0, 0.1) is 0 Å². The van der Waals surface area contributed by atoms with Gasteiger partial charge in [0, 0.05) is 19.3 Å². The number of aliphatic hydroxyl groups is 1. The van der Waals surface area contributed by atoms with Crippen molar-refractivity contribution in [3.63, 3.8) is 0 Å². The molecule has 2 heteroatoms. The fourth-order valence-electron chi connectivity index (χ4n) is 1.69. The highest BCUT2D eigenvalue weighted by Gasteiger charge is 2.23. The molecule has 0 fully saturated rings. The van der Waals surface area contributed by atoms with E-state index < -0.39 is 5.60 Å². The molecule has 0 aromatic heterocycles. The van der Waals surface area contributed by atoms with Crippen molar-refractivity contribution in [3.8, 4) is 0 Å². The van der Waals surface area contributed by atoms with Gasteiger partial charge in [-0.05, 0) is 25.0 Å². The minimum Gasteiger partial charge on any atom is -0.388 e. The van der Waals surface area contributed by atoms with Crippen molar-refractivity contribution in [1.82, 2.24) is 0 Å². The monoisotopic (exact) mass is 207 g/mol. The van der Waals surface area contributed by atoms with E-state index in [-0.39, 0.29) is 0 Å². The molecule has 0 heterocycles. The lowest BCUT2D eigenvalue weighted by atomic mass is 9.97. The predicted octanol–water partition coefficient (Wildman–Crippen LogP) is 2.67. The van der Waals surface area contributed by atoms with E-state index in [9.17, 15) is 5.11 Å². The average Bonchev–Trinajstić information content (AvgIpc) is 2.30. The number of nitrogens with zero attached hydrogens (tertiary/aromatic N) is 1. The van der Waals surface area contributed by atoms with Crippen LogP contribution in [0.2, 0.25) is 0 Å². The molecule has 1 aromatic carbocycles. The van der Waals surface area contributed by atoms with E-state index in [1.807, 2.05) is 39.1 Å². The lowest BCUT2D eigenvalue weighted by molar-refractivity contribution is 0.0404. The molecule has 0 amide bonds. The molecule has 0 aliphatic rings. The van der Waals surface area contributed by atoms with Crippen LogP contribution in [0.4, 0.5) is 5.69 Å². The Kier molecular flexibility index (Phi) is 4.15. The number of para-hydroxylation sites is 1. The molecule has 2 nitrogen and oxygen atoms in total. The second-order valence-corrected chi connectivity index (χ2v) is 4.12. The zero-order valence-electron chi connectivity index (χ0n) is 9.90. The standard InChI is InChI=1S/C13H21NO/c1-4-13(15,5-2)11-14(3)12-9-7-6-8-10-12/h6-10,15H,4-5,11H2,1-3H3. The van der Waals surface area contributed by atoms with Crippen LogP contribution < -0.4 is 4.90 Å². The lowest BCUT2D eigenvalue weighted by Crippen LogP contribution is -2.40. The number of hydrogen-bond donors (Lipinski definition) is 1. The summed E-state index contributed by atoms with van der Waals surface area (Å²) in [5.74, 6) is 0. The highest BCUT2D eigenvalue weighted by Crippen LogP contribution is 2.19. The summed E-state index contributed by atoms with van der Waals surface area (Å²) in [5, 5.41) is 10.2. The summed E-state index contributed by atoms with van der Waals surface area (Å²) in [4.78, 5) is 2.10. The maximum Gasteiger partial charge on any atom is 0.0816 e. The highest BCUT2D eigenvalue weighted by atomic mass is 16.3. The van der Waals surface area contributed by atoms with Crippen LogP contribution >= 0.6 is 0 Å². The molecule has 0 radical (unpaired) electrons. The molecular weight excluding hydrogens is 186 g/mol. The van der Waals surface area contributed by atoms with Gasteiger partial charge in [-0.3, -0.25) is 0 Å². The summed E-state index contributed by atoms with van der Waals surface area (Å²) >= 11 is 0. The van der Waals surface area contributed by atoms with Crippen LogP contribution in [0.5, 0.6) is 0 Å². The van der Waals surface area contributed by atoms with Gasteiger partial charge >= 0.3 is 0 Å². The number of anilines is 1. The van der Waals surface area contributed by atoms with E-state index in [0.717, 1.165) is 18.5 Å². The summed E-state index contributed by atoms with van der Waals surface area (Å²) in [5.41, 5.74) is 0.586. The number of benzene rings is 1. The number of likely N-dealkylation sites (N-methyl/N-ethyl adjacent to an activating group) is 1. The molecule has 1 N–H and O–H groups in total. The Morgan fingerprint density at radius 3 is 2.13 bits per heavy atom. The van der Waals surface area contributed by atoms with Crippen molar-refractivity contribution < 1.29 is 5.11 Å². The Bertz CT molecular complexity index is 280. The molecule has 0 saturated heterocycles. The molecule has 0 atom stereocenters. The van der Waals surface area contributed by atoms with Crippen molar-refractivity contribution in [2.24, 2.45) is 0 Å². The summed E-state index contributed by atoms with van der Waals surface area (Å²) < 4.78 is 0. The SMILES string of the molecule is CCC(O)(CC)CN(C)c1ccccc1. The Morgan fingerprint density at radius 1 is 1.13 bits per heavy atom. The van der Waals surface area contributed by atoms with Gasteiger partial charge in [-0.2, -0.15) is 0 Å². The third-order valence-corrected chi connectivity index (χ3v) is 3.04. The molecule has 0 aliphatic carbocycles. The largest absolute Gasteiger partial charge is 0.388 e. The van der Waals surface area contributed by atoms with E-state index in [4.69, 9.17) is 0 Å². The van der Waals surface area contributed by atoms with Crippen LogP contribution in [-0.2, 0) is 0 Å². The predicted molar refractivity (Wildman–Crippen MR) is 65.2 cm³/mol. The van der Waals surface area contributed by atoms with E-state index in [1.165, 1.54) is 0 Å². The van der Waals surface area contributed by atoms with E-state index >= 15 is 0 Å². The first-order valence-electron chi connectivity index (χ1n) is 5.60. The molecule has 0 spiro atoms. The first-order chi connectivity index (χ1) is 7.11. The Morgan fingerprint density at radius 2 is 1.67 bits per heavy atom. The molecule has 15 heavy (non-hydrogen) atoms. The van der Waals surface area contributed by atoms with Crippen LogP contribution in [0.1, 0.15) is 26.7 Å². The normalized spacial score (nSPS) is 11.5. The summed E-state index contributed by atoms with van der Waals surface area (Å²) in [6.45, 7) is 4.74. The minimum atomic E-state index is -0.565. The maximum atomic E-state index is 10.2. The van der Waals surface area contributed by atoms with E-state index in [0.29, 0.717) is 6.54 Å². The number of hydrogen-bond acceptors (Lipinski definition) is 2. The minimum absolute atomic E-state index is 0.565. The smallest absolute Gasteiger partial charge is 0.0816 e. The first kappa shape index (κ1) is 12.1. The van der Waals surface area contributed by atoms with Crippen LogP contribution in [0.15, 0.2) is 30.3 Å². The van der Waals surface area contributed by atoms with Crippen molar-refractivity contribution >= 4 is 5.69 Å². The zero-order chi connectivity index (χ0) is 11.3. The van der Waals surface area contributed by atoms with Gasteiger partial charge in [0.25, 0.3) is 0 Å². The molecule has 0 aliphatic heterocycles. The molecular formula is C13H21NO. The van der Waals surface area contributed by atoms with E-state index in [2.05, 4.69) is 17.0 Å². The molecule has 0 bridgehead atoms. The fourth-order valence-corrected chi connectivity index (χ4v) is 1.69. The van der Waals surface area contributed by atoms with Crippen molar-refractivity contribution in [1.29, 1.82) is 0 Å². The Balaban J connectivity index is 2.67. The topological polar surface area (TPSA) is 23.5 Å². The summed E-state index contributed by atoms with van der Waals surface area (Å²) in [6.07, 6.45) is 1.58. The number of rotatable bonds is 5. The second kappa shape index (κ2) is 5.17. The van der Waals surface area contributed by atoms with Gasteiger partial charge in [0.2, 0.25) is 0 Å². The Hall–Kier alpha value is -1.02. The van der Waals surface area contributed by atoms with Gasteiger partial charge in [0.1, 0.15) is 0 Å². The lowest BCUT2D eigenvalue weighted by Gasteiger charge is -2.31. The van der Waals surface area contributed by atoms with Crippen molar-refractivity contribution in [3.05, 3.63) is 30.3 Å². The molecule has 84 valence electrons. The van der Waals surface area contributed by atoms with Crippen LogP contribution in [0.25, 0.3) is 0 Å². The third kappa shape index (κ3) is 3.24. The van der Waals surface area contributed by atoms with Gasteiger partial charge in [0.05, 0.1) is 5.60 Å². The zero-order valence-corrected chi connectivity index (χ0v) is 9.90. The average molecular weight is 207 g/mol. The van der Waals surface area contributed by atoms with Crippen molar-refractivity contribution in [2.45, 2.75) is 32.3 Å².